The van der Waals surface area contributed by atoms with E-state index in [2.05, 4.69) is 0 Å². The lowest BCUT2D eigenvalue weighted by Gasteiger charge is -2.08. The molecule has 0 bridgehead atoms. The molecule has 0 aliphatic carbocycles. The van der Waals surface area contributed by atoms with Gasteiger partial charge in [-0.2, -0.15) is 0 Å². The number of carbonyl (C=O) groups excluding carboxylic acids is 1. The number of rotatable bonds is 6. The molecule has 0 saturated heterocycles. The van der Waals surface area contributed by atoms with E-state index >= 15 is 0 Å². The summed E-state index contributed by atoms with van der Waals surface area (Å²) in [6.07, 6.45) is 1.03. The lowest BCUT2D eigenvalue weighted by Crippen LogP contribution is -2.21. The molecule has 0 radical (unpaired) electrons. The molecule has 0 spiro atoms. The van der Waals surface area contributed by atoms with Crippen LogP contribution < -0.4 is 0 Å². The van der Waals surface area contributed by atoms with Gasteiger partial charge in [-0.25, -0.2) is 25.9 Å². The molecule has 0 fully saturated rings. The molecule has 8 nitrogen and oxygen atoms in total. The van der Waals surface area contributed by atoms with Gasteiger partial charge in [-0.15, -0.1) is 0 Å². The Morgan fingerprint density at radius 2 is 1.80 bits per heavy atom. The highest BCUT2D eigenvalue weighted by Gasteiger charge is 2.22. The fourth-order valence-corrected chi connectivity index (χ4v) is 3.31. The van der Waals surface area contributed by atoms with Crippen LogP contribution in [0.15, 0.2) is 50.8 Å². The zero-order valence-electron chi connectivity index (χ0n) is 13.8. The summed E-state index contributed by atoms with van der Waals surface area (Å²) in [6, 6.07) is 8.08. The number of esters is 1. The summed E-state index contributed by atoms with van der Waals surface area (Å²) < 4.78 is 58.0. The first-order chi connectivity index (χ1) is 11.5. The molecule has 1 aromatic heterocycles. The molecule has 136 valence electrons. The molecular weight excluding hydrogens is 370 g/mol. The predicted molar refractivity (Wildman–Crippen MR) is 88.3 cm³/mol. The van der Waals surface area contributed by atoms with Crippen LogP contribution in [0.1, 0.15) is 16.1 Å². The first kappa shape index (κ1) is 19.2. The van der Waals surface area contributed by atoms with E-state index in [0.29, 0.717) is 0 Å². The fourth-order valence-electron chi connectivity index (χ4n) is 1.83. The van der Waals surface area contributed by atoms with Crippen molar-refractivity contribution in [3.05, 3.63) is 47.7 Å². The molecule has 1 aromatic carbocycles. The van der Waals surface area contributed by atoms with Crippen LogP contribution in [0.25, 0.3) is 0 Å². The topological polar surface area (TPSA) is 111 Å². The Hall–Kier alpha value is -2.17. The Bertz CT molecular complexity index is 988. The van der Waals surface area contributed by atoms with Gasteiger partial charge in [0, 0.05) is 20.4 Å². The van der Waals surface area contributed by atoms with Crippen molar-refractivity contribution in [3.63, 3.8) is 0 Å². The number of sulfonamides is 1. The van der Waals surface area contributed by atoms with Gasteiger partial charge >= 0.3 is 5.97 Å². The second-order valence-corrected chi connectivity index (χ2v) is 9.48. The van der Waals surface area contributed by atoms with E-state index in [1.165, 1.54) is 50.5 Å². The van der Waals surface area contributed by atoms with E-state index in [0.717, 1.165) is 10.6 Å². The number of carbonyl (C=O) groups is 1. The van der Waals surface area contributed by atoms with Gasteiger partial charge in [0.15, 0.2) is 9.84 Å². The van der Waals surface area contributed by atoms with Gasteiger partial charge in [-0.1, -0.05) is 6.07 Å². The highest BCUT2D eigenvalue weighted by atomic mass is 32.2. The summed E-state index contributed by atoms with van der Waals surface area (Å²) in [5.74, 6) is -0.605. The molecule has 0 atom stereocenters. The highest BCUT2D eigenvalue weighted by Crippen LogP contribution is 2.18. The molecule has 2 rings (SSSR count). The normalized spacial score (nSPS) is 12.3. The maximum Gasteiger partial charge on any atom is 0.338 e. The maximum absolute atomic E-state index is 12.0. The third-order valence-corrected chi connectivity index (χ3v) is 6.01. The fraction of sp³-hybridized carbons (Fsp3) is 0.267. The number of nitrogens with zero attached hydrogens (tertiary/aromatic N) is 1. The van der Waals surface area contributed by atoms with Crippen LogP contribution >= 0.6 is 0 Å². The van der Waals surface area contributed by atoms with Crippen LogP contribution in [0.5, 0.6) is 0 Å². The van der Waals surface area contributed by atoms with Gasteiger partial charge in [0.2, 0.25) is 5.09 Å². The van der Waals surface area contributed by atoms with Crippen LogP contribution in [0.4, 0.5) is 0 Å². The molecule has 0 aliphatic rings. The largest absolute Gasteiger partial charge is 0.454 e. The van der Waals surface area contributed by atoms with Crippen molar-refractivity contribution in [2.24, 2.45) is 0 Å². The van der Waals surface area contributed by atoms with E-state index in [1.807, 2.05) is 0 Å². The van der Waals surface area contributed by atoms with Crippen molar-refractivity contribution in [2.75, 3.05) is 20.4 Å². The van der Waals surface area contributed by atoms with Crippen LogP contribution in [-0.2, 0) is 31.2 Å². The number of furan rings is 1. The second kappa shape index (κ2) is 6.98. The smallest absolute Gasteiger partial charge is 0.338 e. The predicted octanol–water partition coefficient (Wildman–Crippen LogP) is 1.29. The summed E-state index contributed by atoms with van der Waals surface area (Å²) in [6.45, 7) is -0.287. The molecule has 0 N–H and O–H groups in total. The van der Waals surface area contributed by atoms with Crippen LogP contribution in [-0.4, -0.2) is 47.5 Å². The minimum Gasteiger partial charge on any atom is -0.454 e. The number of benzene rings is 1. The second-order valence-electron chi connectivity index (χ2n) is 5.38. The number of sulfone groups is 1. The summed E-state index contributed by atoms with van der Waals surface area (Å²) in [4.78, 5) is 12.0. The van der Waals surface area contributed by atoms with Gasteiger partial charge in [-0.05, 0) is 30.3 Å². The summed E-state index contributed by atoms with van der Waals surface area (Å²) in [5, 5.41) is -0.261. The number of ether oxygens (including phenoxy) is 1. The van der Waals surface area contributed by atoms with Crippen LogP contribution in [0.2, 0.25) is 0 Å². The molecule has 25 heavy (non-hydrogen) atoms. The Morgan fingerprint density at radius 3 is 2.40 bits per heavy atom. The van der Waals surface area contributed by atoms with Crippen LogP contribution in [0, 0.1) is 0 Å². The summed E-state index contributed by atoms with van der Waals surface area (Å²) in [7, 11) is -4.42. The van der Waals surface area contributed by atoms with E-state index in [4.69, 9.17) is 9.15 Å². The maximum atomic E-state index is 12.0. The highest BCUT2D eigenvalue weighted by molar-refractivity contribution is 7.90. The average Bonchev–Trinajstić information content (AvgIpc) is 3.01. The standard InChI is InChI=1S/C15H17NO7S2/c1-16(2)25(20,21)14-8-7-12(23-14)10-22-15(17)11-5-4-6-13(9-11)24(3,18)19/h4-9H,10H2,1-3H3. The third kappa shape index (κ3) is 4.47. The van der Waals surface area contributed by atoms with Crippen molar-refractivity contribution < 1.29 is 30.8 Å². The lowest BCUT2D eigenvalue weighted by atomic mass is 10.2. The summed E-state index contributed by atoms with van der Waals surface area (Å²) >= 11 is 0. The molecule has 10 heteroatoms. The first-order valence-electron chi connectivity index (χ1n) is 7.00. The zero-order chi connectivity index (χ0) is 18.8. The van der Waals surface area contributed by atoms with Crippen molar-refractivity contribution in [3.8, 4) is 0 Å². The quantitative estimate of drug-likeness (QED) is 0.687. The van der Waals surface area contributed by atoms with E-state index < -0.39 is 25.8 Å². The minimum atomic E-state index is -3.71. The summed E-state index contributed by atoms with van der Waals surface area (Å²) in [5.41, 5.74) is 0.0654. The SMILES string of the molecule is CN(C)S(=O)(=O)c1ccc(COC(=O)c2cccc(S(C)(=O)=O)c2)o1. The van der Waals surface area contributed by atoms with E-state index in [-0.39, 0.29) is 27.9 Å². The van der Waals surface area contributed by atoms with E-state index in [9.17, 15) is 21.6 Å². The Balaban J connectivity index is 2.10. The van der Waals surface area contributed by atoms with Gasteiger partial charge in [0.05, 0.1) is 10.5 Å². The lowest BCUT2D eigenvalue weighted by molar-refractivity contribution is 0.0440. The average molecular weight is 387 g/mol. The van der Waals surface area contributed by atoms with Crippen molar-refractivity contribution in [1.82, 2.24) is 4.31 Å². The molecule has 1 heterocycles. The molecule has 0 saturated carbocycles. The van der Waals surface area contributed by atoms with Crippen molar-refractivity contribution in [2.45, 2.75) is 16.6 Å². The minimum absolute atomic E-state index is 0.000638. The number of hydrogen-bond acceptors (Lipinski definition) is 7. The molecule has 0 aliphatic heterocycles. The van der Waals surface area contributed by atoms with E-state index in [1.54, 1.807) is 0 Å². The van der Waals surface area contributed by atoms with Gasteiger partial charge < -0.3 is 9.15 Å². The Morgan fingerprint density at radius 1 is 1.12 bits per heavy atom. The van der Waals surface area contributed by atoms with Gasteiger partial charge in [0.25, 0.3) is 10.0 Å². The molecular formula is C15H17NO7S2. The zero-order valence-corrected chi connectivity index (χ0v) is 15.4. The first-order valence-corrected chi connectivity index (χ1v) is 10.3. The molecule has 2 aromatic rings. The number of hydrogen-bond donors (Lipinski definition) is 0. The molecule has 0 unspecified atom stereocenters. The van der Waals surface area contributed by atoms with Crippen LogP contribution in [0.3, 0.4) is 0 Å². The van der Waals surface area contributed by atoms with Gasteiger partial charge in [0.1, 0.15) is 12.4 Å². The van der Waals surface area contributed by atoms with Crippen molar-refractivity contribution >= 4 is 25.8 Å². The molecule has 0 amide bonds. The van der Waals surface area contributed by atoms with Crippen molar-refractivity contribution in [1.29, 1.82) is 0 Å². The monoisotopic (exact) mass is 387 g/mol. The Kier molecular flexibility index (Phi) is 5.35. The van der Waals surface area contributed by atoms with Gasteiger partial charge in [-0.3, -0.25) is 0 Å². The third-order valence-electron chi connectivity index (χ3n) is 3.22. The Labute approximate surface area is 146 Å².